The van der Waals surface area contributed by atoms with Gasteiger partial charge >= 0.3 is 0 Å². The second-order valence-corrected chi connectivity index (χ2v) is 8.90. The number of benzene rings is 2. The molecule has 0 bridgehead atoms. The molecule has 0 atom stereocenters. The van der Waals surface area contributed by atoms with Gasteiger partial charge in [-0.1, -0.05) is 24.3 Å². The molecule has 0 saturated heterocycles. The lowest BCUT2D eigenvalue weighted by Crippen LogP contribution is -3.05. The van der Waals surface area contributed by atoms with Crippen molar-refractivity contribution < 1.29 is 13.3 Å². The fraction of sp³-hybridized carbons (Fsp3) is 0.316. The molecule has 0 spiro atoms. The summed E-state index contributed by atoms with van der Waals surface area (Å²) in [5.74, 6) is 0. The number of anilines is 2. The SMILES string of the molecule is CN(c1ccccc1)S(=O)(=O)c1cccc(NC(=S)NCCC[NH+](C)C)c1. The van der Waals surface area contributed by atoms with E-state index in [4.69, 9.17) is 12.2 Å². The van der Waals surface area contributed by atoms with E-state index in [0.717, 1.165) is 19.5 Å². The van der Waals surface area contributed by atoms with Crippen LogP contribution in [0, 0.1) is 0 Å². The summed E-state index contributed by atoms with van der Waals surface area (Å²) in [5.41, 5.74) is 1.24. The Kier molecular flexibility index (Phi) is 7.58. The number of quaternary nitrogens is 1. The first-order chi connectivity index (χ1) is 12.8. The fourth-order valence-electron chi connectivity index (χ4n) is 2.49. The van der Waals surface area contributed by atoms with Crippen LogP contribution in [0.15, 0.2) is 59.5 Å². The summed E-state index contributed by atoms with van der Waals surface area (Å²) >= 11 is 5.29. The number of sulfonamides is 1. The van der Waals surface area contributed by atoms with Crippen molar-refractivity contribution in [2.75, 3.05) is 43.9 Å². The fourth-order valence-corrected chi connectivity index (χ4v) is 3.95. The molecule has 0 aliphatic carbocycles. The van der Waals surface area contributed by atoms with Crippen LogP contribution in [0.2, 0.25) is 0 Å². The highest BCUT2D eigenvalue weighted by atomic mass is 32.2. The lowest BCUT2D eigenvalue weighted by Gasteiger charge is -2.20. The van der Waals surface area contributed by atoms with Gasteiger partial charge in [0.15, 0.2) is 5.11 Å². The minimum absolute atomic E-state index is 0.206. The number of hydrogen-bond acceptors (Lipinski definition) is 3. The number of para-hydroxylation sites is 1. The van der Waals surface area contributed by atoms with E-state index in [-0.39, 0.29) is 4.90 Å². The zero-order valence-electron chi connectivity index (χ0n) is 15.9. The van der Waals surface area contributed by atoms with Crippen molar-refractivity contribution in [3.8, 4) is 0 Å². The van der Waals surface area contributed by atoms with E-state index >= 15 is 0 Å². The summed E-state index contributed by atoms with van der Waals surface area (Å²) in [7, 11) is 2.10. The van der Waals surface area contributed by atoms with E-state index in [1.807, 2.05) is 6.07 Å². The molecule has 8 heteroatoms. The van der Waals surface area contributed by atoms with Crippen LogP contribution in [0.25, 0.3) is 0 Å². The highest BCUT2D eigenvalue weighted by Gasteiger charge is 2.21. The lowest BCUT2D eigenvalue weighted by atomic mass is 10.3. The van der Waals surface area contributed by atoms with Crippen LogP contribution in [0.1, 0.15) is 6.42 Å². The number of nitrogens with zero attached hydrogens (tertiary/aromatic N) is 1. The Balaban J connectivity index is 2.05. The van der Waals surface area contributed by atoms with Crippen molar-refractivity contribution in [3.63, 3.8) is 0 Å². The average molecular weight is 408 g/mol. The zero-order valence-corrected chi connectivity index (χ0v) is 17.5. The predicted molar refractivity (Wildman–Crippen MR) is 115 cm³/mol. The molecule has 0 amide bonds. The van der Waals surface area contributed by atoms with Crippen molar-refractivity contribution in [2.24, 2.45) is 0 Å². The maximum Gasteiger partial charge on any atom is 0.264 e. The molecule has 2 rings (SSSR count). The molecule has 0 aliphatic rings. The van der Waals surface area contributed by atoms with Crippen LogP contribution in [-0.4, -0.2) is 47.8 Å². The van der Waals surface area contributed by atoms with Gasteiger partial charge in [-0.2, -0.15) is 0 Å². The van der Waals surface area contributed by atoms with Crippen LogP contribution in [0.4, 0.5) is 11.4 Å². The minimum Gasteiger partial charge on any atom is -0.362 e. The first kappa shape index (κ1) is 21.1. The van der Waals surface area contributed by atoms with Crippen LogP contribution < -0.4 is 19.8 Å². The van der Waals surface area contributed by atoms with E-state index in [2.05, 4.69) is 24.7 Å². The number of thiocarbonyl (C=S) groups is 1. The van der Waals surface area contributed by atoms with E-state index in [0.29, 0.717) is 16.5 Å². The van der Waals surface area contributed by atoms with Gasteiger partial charge in [0.2, 0.25) is 0 Å². The topological polar surface area (TPSA) is 65.9 Å². The Bertz CT molecular complexity index is 855. The summed E-state index contributed by atoms with van der Waals surface area (Å²) in [5, 5.41) is 6.67. The quantitative estimate of drug-likeness (QED) is 0.455. The van der Waals surface area contributed by atoms with Gasteiger partial charge in [0.05, 0.1) is 31.2 Å². The summed E-state index contributed by atoms with van der Waals surface area (Å²) in [4.78, 5) is 1.59. The molecule has 0 fully saturated rings. The highest BCUT2D eigenvalue weighted by molar-refractivity contribution is 7.92. The van der Waals surface area contributed by atoms with E-state index in [1.165, 1.54) is 9.21 Å². The Morgan fingerprint density at radius 1 is 1.11 bits per heavy atom. The Morgan fingerprint density at radius 2 is 1.81 bits per heavy atom. The molecule has 0 saturated carbocycles. The Hall–Kier alpha value is -2.16. The van der Waals surface area contributed by atoms with Crippen molar-refractivity contribution in [1.29, 1.82) is 0 Å². The smallest absolute Gasteiger partial charge is 0.264 e. The summed E-state index contributed by atoms with van der Waals surface area (Å²) in [6.07, 6.45) is 1.00. The largest absolute Gasteiger partial charge is 0.362 e. The third-order valence-corrected chi connectivity index (χ3v) is 6.04. The van der Waals surface area contributed by atoms with Gasteiger partial charge in [-0.05, 0) is 42.5 Å². The maximum atomic E-state index is 12.9. The molecule has 2 aromatic carbocycles. The van der Waals surface area contributed by atoms with Crippen molar-refractivity contribution in [3.05, 3.63) is 54.6 Å². The molecule has 2 aromatic rings. The molecule has 3 N–H and O–H groups in total. The Labute approximate surface area is 167 Å². The maximum absolute atomic E-state index is 12.9. The summed E-state index contributed by atoms with van der Waals surface area (Å²) in [6.45, 7) is 1.82. The van der Waals surface area contributed by atoms with E-state index in [9.17, 15) is 8.42 Å². The molecular formula is C19H27N4O2S2+. The van der Waals surface area contributed by atoms with Gasteiger partial charge in [0, 0.05) is 25.7 Å². The first-order valence-electron chi connectivity index (χ1n) is 8.78. The molecule has 0 aliphatic heterocycles. The minimum atomic E-state index is -3.65. The van der Waals surface area contributed by atoms with Gasteiger partial charge in [-0.15, -0.1) is 0 Å². The van der Waals surface area contributed by atoms with E-state index < -0.39 is 10.0 Å². The first-order valence-corrected chi connectivity index (χ1v) is 10.6. The zero-order chi connectivity index (χ0) is 19.9. The highest BCUT2D eigenvalue weighted by Crippen LogP contribution is 2.23. The van der Waals surface area contributed by atoms with Crippen LogP contribution in [0.5, 0.6) is 0 Å². The average Bonchev–Trinajstić information content (AvgIpc) is 2.65. The summed E-state index contributed by atoms with van der Waals surface area (Å²) in [6, 6.07) is 15.6. The second kappa shape index (κ2) is 9.68. The predicted octanol–water partition coefficient (Wildman–Crippen LogP) is 1.33. The molecule has 27 heavy (non-hydrogen) atoms. The van der Waals surface area contributed by atoms with E-state index in [1.54, 1.807) is 55.6 Å². The van der Waals surface area contributed by atoms with Gasteiger partial charge in [0.25, 0.3) is 10.0 Å². The van der Waals surface area contributed by atoms with Crippen LogP contribution in [0.3, 0.4) is 0 Å². The van der Waals surface area contributed by atoms with Crippen LogP contribution >= 0.6 is 12.2 Å². The van der Waals surface area contributed by atoms with Gasteiger partial charge in [0.1, 0.15) is 0 Å². The number of hydrogen-bond donors (Lipinski definition) is 3. The molecule has 0 unspecified atom stereocenters. The van der Waals surface area contributed by atoms with Crippen molar-refractivity contribution in [1.82, 2.24) is 5.32 Å². The third kappa shape index (κ3) is 6.20. The third-order valence-electron chi connectivity index (χ3n) is 4.01. The standard InChI is InChI=1S/C19H26N4O2S2/c1-22(2)14-8-13-20-19(26)21-16-9-7-12-18(15-16)27(24,25)23(3)17-10-5-4-6-11-17/h4-7,9-12,15H,8,13-14H2,1-3H3,(H2,20,21,26)/p+1. The number of nitrogens with one attached hydrogen (secondary N) is 3. The van der Waals surface area contributed by atoms with Crippen LogP contribution in [-0.2, 0) is 10.0 Å². The normalized spacial score (nSPS) is 11.3. The second-order valence-electron chi connectivity index (χ2n) is 6.53. The van der Waals surface area contributed by atoms with Gasteiger partial charge < -0.3 is 15.5 Å². The monoisotopic (exact) mass is 407 g/mol. The Morgan fingerprint density at radius 3 is 2.48 bits per heavy atom. The molecule has 0 aromatic heterocycles. The molecule has 0 heterocycles. The molecular weight excluding hydrogens is 380 g/mol. The van der Waals surface area contributed by atoms with Crippen molar-refractivity contribution in [2.45, 2.75) is 11.3 Å². The molecule has 146 valence electrons. The molecule has 0 radical (unpaired) electrons. The molecule has 6 nitrogen and oxygen atoms in total. The number of rotatable bonds is 8. The lowest BCUT2D eigenvalue weighted by molar-refractivity contribution is -0.858. The van der Waals surface area contributed by atoms with Crippen molar-refractivity contribution >= 4 is 38.7 Å². The van der Waals surface area contributed by atoms with Gasteiger partial charge in [-0.3, -0.25) is 4.31 Å². The summed E-state index contributed by atoms with van der Waals surface area (Å²) < 4.78 is 27.1. The van der Waals surface area contributed by atoms with Gasteiger partial charge in [-0.25, -0.2) is 8.42 Å².